The number of nitrogens with one attached hydrogen (secondary N) is 2. The molecule has 0 fully saturated rings. The van der Waals surface area contributed by atoms with Gasteiger partial charge in [0.25, 0.3) is 5.91 Å². The van der Waals surface area contributed by atoms with Crippen LogP contribution in [0.1, 0.15) is 10.4 Å². The van der Waals surface area contributed by atoms with E-state index in [1.165, 1.54) is 0 Å². The molecule has 20 heavy (non-hydrogen) atoms. The maximum absolute atomic E-state index is 11.8. The van der Waals surface area contributed by atoms with Gasteiger partial charge < -0.3 is 21.1 Å². The lowest BCUT2D eigenvalue weighted by molar-refractivity contribution is 0.0954. The third-order valence-electron chi connectivity index (χ3n) is 2.41. The molecule has 0 atom stereocenters. The fourth-order valence-electron chi connectivity index (χ4n) is 1.42. The van der Waals surface area contributed by atoms with E-state index in [9.17, 15) is 4.79 Å². The van der Waals surface area contributed by atoms with Crippen LogP contribution in [-0.2, 0) is 4.74 Å². The number of carbonyl (C=O) groups excluding carboxylic acids is 1. The van der Waals surface area contributed by atoms with Gasteiger partial charge in [-0.2, -0.15) is 0 Å². The number of guanidine groups is 1. The maximum atomic E-state index is 11.8. The van der Waals surface area contributed by atoms with Crippen LogP contribution in [0, 0.1) is 0 Å². The van der Waals surface area contributed by atoms with Crippen LogP contribution in [0.15, 0.2) is 29.3 Å². The molecule has 0 unspecified atom stereocenters. The molecule has 4 N–H and O–H groups in total. The molecule has 0 saturated carbocycles. The zero-order chi connectivity index (χ0) is 14.8. The molecule has 0 aliphatic heterocycles. The summed E-state index contributed by atoms with van der Waals surface area (Å²) in [5, 5.41) is 6.06. The van der Waals surface area contributed by atoms with E-state index in [-0.39, 0.29) is 5.91 Å². The minimum absolute atomic E-state index is 0.215. The highest BCUT2D eigenvalue weighted by Crippen LogP contribution is 2.14. The molecule has 1 aromatic carbocycles. The SMILES string of the molecule is COCCN=C(N)NCCNC(=O)c1ccccc1Cl. The van der Waals surface area contributed by atoms with Crippen molar-refractivity contribution in [1.82, 2.24) is 10.6 Å². The Morgan fingerprint density at radius 2 is 2.05 bits per heavy atom. The highest BCUT2D eigenvalue weighted by Gasteiger charge is 2.07. The topological polar surface area (TPSA) is 88.7 Å². The molecule has 0 heterocycles. The van der Waals surface area contributed by atoms with Crippen LogP contribution < -0.4 is 16.4 Å². The Labute approximate surface area is 123 Å². The van der Waals surface area contributed by atoms with Crippen molar-refractivity contribution in [3.63, 3.8) is 0 Å². The molecule has 1 rings (SSSR count). The van der Waals surface area contributed by atoms with E-state index >= 15 is 0 Å². The number of benzene rings is 1. The first kappa shape index (κ1) is 16.3. The summed E-state index contributed by atoms with van der Waals surface area (Å²) < 4.78 is 4.85. The summed E-state index contributed by atoms with van der Waals surface area (Å²) >= 11 is 5.93. The van der Waals surface area contributed by atoms with Crippen molar-refractivity contribution in [2.24, 2.45) is 10.7 Å². The number of nitrogens with zero attached hydrogens (tertiary/aromatic N) is 1. The molecule has 0 aliphatic rings. The minimum Gasteiger partial charge on any atom is -0.383 e. The smallest absolute Gasteiger partial charge is 0.252 e. The average Bonchev–Trinajstić information content (AvgIpc) is 2.44. The van der Waals surface area contributed by atoms with Crippen LogP contribution in [0.3, 0.4) is 0 Å². The van der Waals surface area contributed by atoms with Crippen LogP contribution in [0.5, 0.6) is 0 Å². The molecule has 0 saturated heterocycles. The summed E-state index contributed by atoms with van der Waals surface area (Å²) in [6.07, 6.45) is 0. The van der Waals surface area contributed by atoms with Gasteiger partial charge in [-0.25, -0.2) is 0 Å². The number of aliphatic imine (C=N–C) groups is 1. The first-order valence-corrected chi connectivity index (χ1v) is 6.58. The molecule has 0 aromatic heterocycles. The van der Waals surface area contributed by atoms with Gasteiger partial charge in [-0.1, -0.05) is 23.7 Å². The van der Waals surface area contributed by atoms with Gasteiger partial charge in [0.15, 0.2) is 5.96 Å². The summed E-state index contributed by atoms with van der Waals surface area (Å²) in [6, 6.07) is 6.89. The Morgan fingerprint density at radius 1 is 1.35 bits per heavy atom. The first-order chi connectivity index (χ1) is 9.65. The van der Waals surface area contributed by atoms with Crippen molar-refractivity contribution in [2.45, 2.75) is 0 Å². The Morgan fingerprint density at radius 3 is 2.75 bits per heavy atom. The van der Waals surface area contributed by atoms with Crippen molar-refractivity contribution >= 4 is 23.5 Å². The van der Waals surface area contributed by atoms with Crippen LogP contribution >= 0.6 is 11.6 Å². The third-order valence-corrected chi connectivity index (χ3v) is 2.74. The fourth-order valence-corrected chi connectivity index (χ4v) is 1.64. The van der Waals surface area contributed by atoms with Gasteiger partial charge in [-0.3, -0.25) is 9.79 Å². The number of carbonyl (C=O) groups is 1. The van der Waals surface area contributed by atoms with Crippen LogP contribution in [0.25, 0.3) is 0 Å². The Bertz CT molecular complexity index is 465. The number of methoxy groups -OCH3 is 1. The third kappa shape index (κ3) is 5.90. The fraction of sp³-hybridized carbons (Fsp3) is 0.385. The summed E-state index contributed by atoms with van der Waals surface area (Å²) in [5.74, 6) is 0.112. The minimum atomic E-state index is -0.215. The number of ether oxygens (including phenoxy) is 1. The second kappa shape index (κ2) is 9.17. The predicted molar refractivity (Wildman–Crippen MR) is 80.2 cm³/mol. The Kier molecular flexibility index (Phi) is 7.46. The second-order valence-corrected chi connectivity index (χ2v) is 4.33. The molecule has 6 nitrogen and oxygen atoms in total. The van der Waals surface area contributed by atoms with Crippen molar-refractivity contribution in [2.75, 3.05) is 33.4 Å². The second-order valence-electron chi connectivity index (χ2n) is 3.92. The number of nitrogens with two attached hydrogens (primary N) is 1. The largest absolute Gasteiger partial charge is 0.383 e. The molecule has 110 valence electrons. The number of hydrogen-bond acceptors (Lipinski definition) is 3. The monoisotopic (exact) mass is 298 g/mol. The van der Waals surface area contributed by atoms with Gasteiger partial charge >= 0.3 is 0 Å². The van der Waals surface area contributed by atoms with Crippen LogP contribution in [0.4, 0.5) is 0 Å². The highest BCUT2D eigenvalue weighted by atomic mass is 35.5. The van der Waals surface area contributed by atoms with Gasteiger partial charge in [0.05, 0.1) is 23.7 Å². The van der Waals surface area contributed by atoms with E-state index in [4.69, 9.17) is 22.1 Å². The number of hydrogen-bond donors (Lipinski definition) is 3. The van der Waals surface area contributed by atoms with Gasteiger partial charge in [-0.15, -0.1) is 0 Å². The van der Waals surface area contributed by atoms with Crippen LogP contribution in [-0.4, -0.2) is 45.2 Å². The van der Waals surface area contributed by atoms with E-state index in [2.05, 4.69) is 15.6 Å². The highest BCUT2D eigenvalue weighted by molar-refractivity contribution is 6.33. The predicted octanol–water partition coefficient (Wildman–Crippen LogP) is 0.621. The summed E-state index contributed by atoms with van der Waals surface area (Å²) in [4.78, 5) is 15.8. The average molecular weight is 299 g/mol. The maximum Gasteiger partial charge on any atom is 0.252 e. The molecule has 7 heteroatoms. The zero-order valence-electron chi connectivity index (χ0n) is 11.4. The number of rotatable bonds is 7. The quantitative estimate of drug-likeness (QED) is 0.391. The summed E-state index contributed by atoms with van der Waals surface area (Å²) in [7, 11) is 1.60. The van der Waals surface area contributed by atoms with Crippen molar-refractivity contribution in [1.29, 1.82) is 0 Å². The lowest BCUT2D eigenvalue weighted by Gasteiger charge is -2.08. The molecule has 0 bridgehead atoms. The Hall–Kier alpha value is -1.79. The van der Waals surface area contributed by atoms with Crippen molar-refractivity contribution in [3.8, 4) is 0 Å². The van der Waals surface area contributed by atoms with Gasteiger partial charge in [0, 0.05) is 20.2 Å². The van der Waals surface area contributed by atoms with Gasteiger partial charge in [0.1, 0.15) is 0 Å². The van der Waals surface area contributed by atoms with E-state index in [1.54, 1.807) is 31.4 Å². The standard InChI is InChI=1S/C13H19ClN4O2/c1-20-9-8-18-13(15)17-7-6-16-12(19)10-4-2-3-5-11(10)14/h2-5H,6-9H2,1H3,(H,16,19)(H3,15,17,18). The van der Waals surface area contributed by atoms with Crippen molar-refractivity contribution < 1.29 is 9.53 Å². The molecular weight excluding hydrogens is 280 g/mol. The molecule has 0 radical (unpaired) electrons. The van der Waals surface area contributed by atoms with Crippen LogP contribution in [0.2, 0.25) is 5.02 Å². The molecule has 1 amide bonds. The summed E-state index contributed by atoms with van der Waals surface area (Å²) in [5.41, 5.74) is 6.07. The molecule has 1 aromatic rings. The number of amides is 1. The van der Waals surface area contributed by atoms with E-state index < -0.39 is 0 Å². The molecule has 0 spiro atoms. The lowest BCUT2D eigenvalue weighted by atomic mass is 10.2. The molecular formula is C13H19ClN4O2. The van der Waals surface area contributed by atoms with E-state index in [0.29, 0.717) is 42.8 Å². The van der Waals surface area contributed by atoms with Gasteiger partial charge in [-0.05, 0) is 12.1 Å². The number of halogens is 1. The zero-order valence-corrected chi connectivity index (χ0v) is 12.1. The Balaban J connectivity index is 2.26. The van der Waals surface area contributed by atoms with Crippen molar-refractivity contribution in [3.05, 3.63) is 34.9 Å². The molecule has 0 aliphatic carbocycles. The lowest BCUT2D eigenvalue weighted by Crippen LogP contribution is -2.38. The van der Waals surface area contributed by atoms with E-state index in [1.807, 2.05) is 0 Å². The first-order valence-electron chi connectivity index (χ1n) is 6.20. The summed E-state index contributed by atoms with van der Waals surface area (Å²) in [6.45, 7) is 1.93. The van der Waals surface area contributed by atoms with Gasteiger partial charge in [0.2, 0.25) is 0 Å². The normalized spacial score (nSPS) is 11.2. The van der Waals surface area contributed by atoms with E-state index in [0.717, 1.165) is 0 Å².